The normalized spacial score (nSPS) is 10.6. The highest BCUT2D eigenvalue weighted by atomic mass is 32.1. The van der Waals surface area contributed by atoms with Crippen molar-refractivity contribution in [3.05, 3.63) is 0 Å². The van der Waals surface area contributed by atoms with Crippen LogP contribution in [0.15, 0.2) is 0 Å². The summed E-state index contributed by atoms with van der Waals surface area (Å²) in [7, 11) is 2.12. The summed E-state index contributed by atoms with van der Waals surface area (Å²) < 4.78 is 0. The fourth-order valence-corrected chi connectivity index (χ4v) is 0.942. The van der Waals surface area contributed by atoms with Crippen LogP contribution in [-0.4, -0.2) is 36.2 Å². The smallest absolute Gasteiger partial charge is 0.180 e. The van der Waals surface area contributed by atoms with Gasteiger partial charge in [0.2, 0.25) is 0 Å². The van der Waals surface area contributed by atoms with Gasteiger partial charge >= 0.3 is 0 Å². The van der Waals surface area contributed by atoms with Crippen molar-refractivity contribution in [3.63, 3.8) is 0 Å². The molecule has 0 aliphatic heterocycles. The van der Waals surface area contributed by atoms with E-state index < -0.39 is 0 Å². The number of nitrogens with zero attached hydrogens (tertiary/aromatic N) is 1. The standard InChI is InChI=1S/C8H20N4S/c1-7(2)12(3)6-4-5-10-8(13)11-9/h7H,4-6,9H2,1-3H3,(H2,10,11,13). The second-order valence-corrected chi connectivity index (χ2v) is 3.74. The van der Waals surface area contributed by atoms with Crippen LogP contribution in [0.3, 0.4) is 0 Å². The zero-order valence-corrected chi connectivity index (χ0v) is 9.45. The third-order valence-electron chi connectivity index (χ3n) is 1.99. The predicted octanol–water partition coefficient (Wildman–Crippen LogP) is 0.0545. The van der Waals surface area contributed by atoms with Gasteiger partial charge in [-0.05, 0) is 46.1 Å². The van der Waals surface area contributed by atoms with Crippen molar-refractivity contribution in [3.8, 4) is 0 Å². The van der Waals surface area contributed by atoms with E-state index in [1.54, 1.807) is 0 Å². The molecule has 0 aliphatic rings. The molecule has 0 radical (unpaired) electrons. The highest BCUT2D eigenvalue weighted by Crippen LogP contribution is 1.93. The molecule has 78 valence electrons. The monoisotopic (exact) mass is 204 g/mol. The fraction of sp³-hybridized carbons (Fsp3) is 0.875. The van der Waals surface area contributed by atoms with E-state index in [2.05, 4.69) is 36.5 Å². The number of hydrazine groups is 1. The summed E-state index contributed by atoms with van der Waals surface area (Å²) in [5.74, 6) is 5.10. The van der Waals surface area contributed by atoms with Crippen LogP contribution in [0, 0.1) is 0 Å². The van der Waals surface area contributed by atoms with Gasteiger partial charge in [-0.1, -0.05) is 0 Å². The average Bonchev–Trinajstić information content (AvgIpc) is 2.11. The van der Waals surface area contributed by atoms with E-state index in [1.807, 2.05) is 0 Å². The lowest BCUT2D eigenvalue weighted by Gasteiger charge is -2.20. The van der Waals surface area contributed by atoms with Gasteiger partial charge in [0.25, 0.3) is 0 Å². The van der Waals surface area contributed by atoms with Crippen LogP contribution in [0.25, 0.3) is 0 Å². The SMILES string of the molecule is CC(C)N(C)CCCNC(=S)NN. The van der Waals surface area contributed by atoms with Crippen molar-refractivity contribution >= 4 is 17.3 Å². The minimum absolute atomic E-state index is 0.507. The Hall–Kier alpha value is -0.390. The molecule has 0 rings (SSSR count). The van der Waals surface area contributed by atoms with E-state index >= 15 is 0 Å². The maximum absolute atomic E-state index is 5.10. The van der Waals surface area contributed by atoms with Crippen LogP contribution in [0.2, 0.25) is 0 Å². The minimum atomic E-state index is 0.507. The quantitative estimate of drug-likeness (QED) is 0.256. The van der Waals surface area contributed by atoms with Crippen LogP contribution in [-0.2, 0) is 0 Å². The molecule has 0 atom stereocenters. The Labute approximate surface area is 85.8 Å². The second-order valence-electron chi connectivity index (χ2n) is 3.33. The molecule has 5 heteroatoms. The number of rotatable bonds is 5. The summed E-state index contributed by atoms with van der Waals surface area (Å²) in [5.41, 5.74) is 2.38. The number of hydrogen-bond acceptors (Lipinski definition) is 3. The van der Waals surface area contributed by atoms with Gasteiger partial charge in [0, 0.05) is 12.6 Å². The summed E-state index contributed by atoms with van der Waals surface area (Å²) in [5, 5.41) is 3.50. The van der Waals surface area contributed by atoms with Crippen LogP contribution >= 0.6 is 12.2 Å². The first-order valence-corrected chi connectivity index (χ1v) is 4.93. The highest BCUT2D eigenvalue weighted by molar-refractivity contribution is 7.80. The zero-order chi connectivity index (χ0) is 10.3. The lowest BCUT2D eigenvalue weighted by molar-refractivity contribution is 0.271. The first kappa shape index (κ1) is 12.6. The van der Waals surface area contributed by atoms with E-state index in [0.29, 0.717) is 11.2 Å². The van der Waals surface area contributed by atoms with E-state index in [-0.39, 0.29) is 0 Å². The molecule has 0 aromatic carbocycles. The third kappa shape index (κ3) is 6.74. The lowest BCUT2D eigenvalue weighted by atomic mass is 10.3. The molecule has 0 bridgehead atoms. The van der Waals surface area contributed by atoms with E-state index in [9.17, 15) is 0 Å². The Bertz CT molecular complexity index is 149. The molecule has 0 aromatic rings. The van der Waals surface area contributed by atoms with E-state index in [0.717, 1.165) is 19.5 Å². The van der Waals surface area contributed by atoms with Crippen LogP contribution in [0.1, 0.15) is 20.3 Å². The summed E-state index contributed by atoms with van der Waals surface area (Å²) in [6.45, 7) is 6.29. The molecule has 0 aliphatic carbocycles. The molecule has 0 heterocycles. The topological polar surface area (TPSA) is 53.3 Å². The van der Waals surface area contributed by atoms with Crippen molar-refractivity contribution in [1.82, 2.24) is 15.6 Å². The van der Waals surface area contributed by atoms with Gasteiger partial charge in [0.1, 0.15) is 0 Å². The predicted molar refractivity (Wildman–Crippen MR) is 60.3 cm³/mol. The first-order chi connectivity index (χ1) is 6.07. The van der Waals surface area contributed by atoms with Gasteiger partial charge in [-0.3, -0.25) is 0 Å². The molecule has 0 spiro atoms. The summed E-state index contributed by atoms with van der Waals surface area (Å²) in [4.78, 5) is 2.29. The molecule has 0 saturated carbocycles. The lowest BCUT2D eigenvalue weighted by Crippen LogP contribution is -2.40. The molecular weight excluding hydrogens is 184 g/mol. The van der Waals surface area contributed by atoms with Crippen LogP contribution in [0.4, 0.5) is 0 Å². The van der Waals surface area contributed by atoms with Crippen molar-refractivity contribution in [2.24, 2.45) is 5.84 Å². The van der Waals surface area contributed by atoms with Crippen molar-refractivity contribution < 1.29 is 0 Å². The summed E-state index contributed by atoms with van der Waals surface area (Å²) in [6, 6.07) is 0.597. The van der Waals surface area contributed by atoms with Gasteiger partial charge in [-0.2, -0.15) is 0 Å². The molecule has 0 aromatic heterocycles. The third-order valence-corrected chi connectivity index (χ3v) is 2.25. The number of thiocarbonyl (C=S) groups is 1. The Kier molecular flexibility index (Phi) is 6.84. The van der Waals surface area contributed by atoms with Gasteiger partial charge in [-0.25, -0.2) is 5.84 Å². The Morgan fingerprint density at radius 2 is 2.15 bits per heavy atom. The van der Waals surface area contributed by atoms with Crippen LogP contribution in [0.5, 0.6) is 0 Å². The molecule has 4 nitrogen and oxygen atoms in total. The highest BCUT2D eigenvalue weighted by Gasteiger charge is 2.01. The number of nitrogens with one attached hydrogen (secondary N) is 2. The average molecular weight is 204 g/mol. The largest absolute Gasteiger partial charge is 0.362 e. The zero-order valence-electron chi connectivity index (χ0n) is 8.63. The molecular formula is C8H20N4S. The van der Waals surface area contributed by atoms with E-state index in [1.165, 1.54) is 0 Å². The van der Waals surface area contributed by atoms with Crippen LogP contribution < -0.4 is 16.6 Å². The van der Waals surface area contributed by atoms with E-state index in [4.69, 9.17) is 18.1 Å². The molecule has 0 saturated heterocycles. The van der Waals surface area contributed by atoms with Gasteiger partial charge in [0.05, 0.1) is 0 Å². The van der Waals surface area contributed by atoms with Gasteiger partial charge in [-0.15, -0.1) is 0 Å². The fourth-order valence-electron chi connectivity index (χ4n) is 0.840. The molecule has 0 unspecified atom stereocenters. The van der Waals surface area contributed by atoms with Gasteiger partial charge < -0.3 is 15.6 Å². The van der Waals surface area contributed by atoms with Crippen molar-refractivity contribution in [2.75, 3.05) is 20.1 Å². The Morgan fingerprint density at radius 3 is 2.62 bits per heavy atom. The molecule has 13 heavy (non-hydrogen) atoms. The Morgan fingerprint density at radius 1 is 1.54 bits per heavy atom. The van der Waals surface area contributed by atoms with Gasteiger partial charge in [0.15, 0.2) is 5.11 Å². The number of hydrogen-bond donors (Lipinski definition) is 3. The molecule has 4 N–H and O–H groups in total. The number of nitrogens with two attached hydrogens (primary N) is 1. The second kappa shape index (κ2) is 7.06. The van der Waals surface area contributed by atoms with Crippen molar-refractivity contribution in [2.45, 2.75) is 26.3 Å². The Balaban J connectivity index is 3.30. The summed E-state index contributed by atoms with van der Waals surface area (Å²) in [6.07, 6.45) is 1.07. The van der Waals surface area contributed by atoms with Crippen molar-refractivity contribution in [1.29, 1.82) is 0 Å². The molecule has 0 amide bonds. The minimum Gasteiger partial charge on any atom is -0.362 e. The maximum atomic E-state index is 5.10. The first-order valence-electron chi connectivity index (χ1n) is 4.52. The summed E-state index contributed by atoms with van der Waals surface area (Å²) >= 11 is 4.83. The molecule has 0 fully saturated rings. The maximum Gasteiger partial charge on any atom is 0.180 e.